The van der Waals surface area contributed by atoms with Crippen molar-refractivity contribution in [2.45, 2.75) is 10.6 Å². The Kier molecular flexibility index (Phi) is 5.59. The lowest BCUT2D eigenvalue weighted by Crippen LogP contribution is -2.12. The van der Waals surface area contributed by atoms with E-state index in [0.717, 1.165) is 16.1 Å². The molecular weight excluding hydrogens is 302 g/mol. The molecule has 1 atom stereocenters. The Balaban J connectivity index is 2.14. The van der Waals surface area contributed by atoms with Crippen LogP contribution in [0.3, 0.4) is 0 Å². The van der Waals surface area contributed by atoms with E-state index in [1.165, 1.54) is 0 Å². The van der Waals surface area contributed by atoms with E-state index in [0.29, 0.717) is 11.3 Å². The summed E-state index contributed by atoms with van der Waals surface area (Å²) in [6.07, 6.45) is 3.65. The molecule has 2 aromatic rings. The first-order valence-electron chi connectivity index (χ1n) is 6.43. The zero-order valence-electron chi connectivity index (χ0n) is 12.0. The van der Waals surface area contributed by atoms with Gasteiger partial charge in [0.25, 0.3) is 5.91 Å². The molecule has 0 unspecified atom stereocenters. The third kappa shape index (κ3) is 4.72. The lowest BCUT2D eigenvalue weighted by Gasteiger charge is -2.07. The van der Waals surface area contributed by atoms with Crippen molar-refractivity contribution in [1.29, 1.82) is 0 Å². The SMILES string of the molecule is CSc1cccc(NC(=O)c2cccc(C[S@@](C)=O)c2)c1. The van der Waals surface area contributed by atoms with Gasteiger partial charge in [-0.1, -0.05) is 18.2 Å². The summed E-state index contributed by atoms with van der Waals surface area (Å²) in [4.78, 5) is 13.4. The second kappa shape index (κ2) is 7.43. The van der Waals surface area contributed by atoms with Crippen molar-refractivity contribution in [3.05, 3.63) is 59.7 Å². The number of carbonyl (C=O) groups is 1. The van der Waals surface area contributed by atoms with E-state index in [-0.39, 0.29) is 5.91 Å². The molecule has 110 valence electrons. The normalized spacial score (nSPS) is 11.9. The highest BCUT2D eigenvalue weighted by molar-refractivity contribution is 7.98. The van der Waals surface area contributed by atoms with Crippen molar-refractivity contribution in [2.24, 2.45) is 0 Å². The van der Waals surface area contributed by atoms with Gasteiger partial charge in [-0.25, -0.2) is 0 Å². The van der Waals surface area contributed by atoms with Gasteiger partial charge in [-0.3, -0.25) is 9.00 Å². The first kappa shape index (κ1) is 15.8. The quantitative estimate of drug-likeness (QED) is 0.858. The van der Waals surface area contributed by atoms with Crippen LogP contribution in [0.4, 0.5) is 5.69 Å². The molecule has 0 bridgehead atoms. The van der Waals surface area contributed by atoms with Crippen LogP contribution in [0, 0.1) is 0 Å². The second-order valence-electron chi connectivity index (χ2n) is 4.60. The van der Waals surface area contributed by atoms with Crippen LogP contribution < -0.4 is 5.32 Å². The fraction of sp³-hybridized carbons (Fsp3) is 0.188. The molecule has 1 amide bonds. The minimum atomic E-state index is -0.915. The van der Waals surface area contributed by atoms with Gasteiger partial charge < -0.3 is 5.32 Å². The van der Waals surface area contributed by atoms with Gasteiger partial charge in [0, 0.05) is 39.0 Å². The Morgan fingerprint density at radius 3 is 2.67 bits per heavy atom. The van der Waals surface area contributed by atoms with E-state index in [4.69, 9.17) is 0 Å². The van der Waals surface area contributed by atoms with Gasteiger partial charge in [-0.15, -0.1) is 11.8 Å². The highest BCUT2D eigenvalue weighted by Crippen LogP contribution is 2.19. The average molecular weight is 319 g/mol. The number of amides is 1. The minimum Gasteiger partial charge on any atom is -0.322 e. The molecular formula is C16H17NO2S2. The molecule has 1 N–H and O–H groups in total. The van der Waals surface area contributed by atoms with Gasteiger partial charge in [0.2, 0.25) is 0 Å². The molecule has 0 saturated carbocycles. The fourth-order valence-corrected chi connectivity index (χ4v) is 3.05. The number of nitrogens with one attached hydrogen (secondary N) is 1. The van der Waals surface area contributed by atoms with Crippen molar-refractivity contribution in [2.75, 3.05) is 17.8 Å². The number of hydrogen-bond acceptors (Lipinski definition) is 3. The fourth-order valence-electron chi connectivity index (χ4n) is 1.94. The summed E-state index contributed by atoms with van der Waals surface area (Å²) in [5.74, 6) is 0.306. The molecule has 0 heterocycles. The molecule has 0 radical (unpaired) electrons. The first-order chi connectivity index (χ1) is 10.1. The Bertz CT molecular complexity index is 671. The summed E-state index contributed by atoms with van der Waals surface area (Å²) in [7, 11) is -0.915. The molecule has 3 nitrogen and oxygen atoms in total. The second-order valence-corrected chi connectivity index (χ2v) is 6.92. The van der Waals surface area contributed by atoms with Crippen LogP contribution in [0.1, 0.15) is 15.9 Å². The highest BCUT2D eigenvalue weighted by Gasteiger charge is 2.07. The maximum atomic E-state index is 12.3. The molecule has 0 aromatic heterocycles. The topological polar surface area (TPSA) is 46.2 Å². The number of hydrogen-bond donors (Lipinski definition) is 1. The molecule has 0 spiro atoms. The van der Waals surface area contributed by atoms with Gasteiger partial charge in [0.05, 0.1) is 0 Å². The van der Waals surface area contributed by atoms with Crippen molar-refractivity contribution in [3.8, 4) is 0 Å². The smallest absolute Gasteiger partial charge is 0.255 e. The number of carbonyl (C=O) groups excluding carboxylic acids is 1. The molecule has 2 aromatic carbocycles. The summed E-state index contributed by atoms with van der Waals surface area (Å²) in [6.45, 7) is 0. The van der Waals surface area contributed by atoms with E-state index in [1.54, 1.807) is 30.2 Å². The Labute approximate surface area is 131 Å². The maximum absolute atomic E-state index is 12.3. The molecule has 21 heavy (non-hydrogen) atoms. The largest absolute Gasteiger partial charge is 0.322 e. The molecule has 0 fully saturated rings. The van der Waals surface area contributed by atoms with Gasteiger partial charge in [-0.05, 0) is 42.2 Å². The van der Waals surface area contributed by atoms with E-state index < -0.39 is 10.8 Å². The number of rotatable bonds is 5. The van der Waals surface area contributed by atoms with Crippen LogP contribution in [0.5, 0.6) is 0 Å². The monoisotopic (exact) mass is 319 g/mol. The van der Waals surface area contributed by atoms with Crippen molar-refractivity contribution >= 4 is 34.2 Å². The van der Waals surface area contributed by atoms with E-state index in [2.05, 4.69) is 5.32 Å². The predicted octanol–water partition coefficient (Wildman–Crippen LogP) is 3.54. The third-order valence-electron chi connectivity index (χ3n) is 2.89. The van der Waals surface area contributed by atoms with Gasteiger partial charge in [0.1, 0.15) is 0 Å². The predicted molar refractivity (Wildman–Crippen MR) is 90.4 cm³/mol. The summed E-state index contributed by atoms with van der Waals surface area (Å²) in [5.41, 5.74) is 2.25. The molecule has 5 heteroatoms. The maximum Gasteiger partial charge on any atom is 0.255 e. The number of thioether (sulfide) groups is 1. The number of benzene rings is 2. The Morgan fingerprint density at radius 1 is 1.19 bits per heavy atom. The van der Waals surface area contributed by atoms with E-state index in [1.807, 2.05) is 42.7 Å². The summed E-state index contributed by atoms with van der Waals surface area (Å²) in [6, 6.07) is 15.0. The molecule has 0 aliphatic carbocycles. The lowest BCUT2D eigenvalue weighted by atomic mass is 10.1. The van der Waals surface area contributed by atoms with Crippen LogP contribution in [0.2, 0.25) is 0 Å². The van der Waals surface area contributed by atoms with Crippen LogP contribution in [-0.4, -0.2) is 22.6 Å². The highest BCUT2D eigenvalue weighted by atomic mass is 32.2. The zero-order valence-corrected chi connectivity index (χ0v) is 13.6. The van der Waals surface area contributed by atoms with E-state index in [9.17, 15) is 9.00 Å². The Morgan fingerprint density at radius 2 is 1.95 bits per heavy atom. The average Bonchev–Trinajstić information content (AvgIpc) is 2.47. The molecule has 2 rings (SSSR count). The van der Waals surface area contributed by atoms with Gasteiger partial charge in [-0.2, -0.15) is 0 Å². The van der Waals surface area contributed by atoms with Gasteiger partial charge >= 0.3 is 0 Å². The molecule has 0 aliphatic heterocycles. The zero-order chi connectivity index (χ0) is 15.2. The van der Waals surface area contributed by atoms with Crippen molar-refractivity contribution < 1.29 is 9.00 Å². The third-order valence-corrected chi connectivity index (χ3v) is 4.35. The van der Waals surface area contributed by atoms with Gasteiger partial charge in [0.15, 0.2) is 0 Å². The Hall–Kier alpha value is -1.59. The van der Waals surface area contributed by atoms with E-state index >= 15 is 0 Å². The van der Waals surface area contributed by atoms with Crippen LogP contribution in [0.25, 0.3) is 0 Å². The molecule has 0 saturated heterocycles. The van der Waals surface area contributed by atoms with Crippen LogP contribution in [-0.2, 0) is 16.6 Å². The lowest BCUT2D eigenvalue weighted by molar-refractivity contribution is 0.102. The summed E-state index contributed by atoms with van der Waals surface area (Å²) < 4.78 is 11.3. The minimum absolute atomic E-state index is 0.156. The summed E-state index contributed by atoms with van der Waals surface area (Å²) >= 11 is 1.63. The summed E-state index contributed by atoms with van der Waals surface area (Å²) in [5, 5.41) is 2.89. The van der Waals surface area contributed by atoms with Crippen molar-refractivity contribution in [3.63, 3.8) is 0 Å². The van der Waals surface area contributed by atoms with Crippen molar-refractivity contribution in [1.82, 2.24) is 0 Å². The standard InChI is InChI=1S/C16H17NO2S2/c1-20-15-8-4-7-14(10-15)17-16(18)13-6-3-5-12(9-13)11-21(2)19/h3-10H,11H2,1-2H3,(H,17,18)/t21-/m1/s1. The van der Waals surface area contributed by atoms with Crippen LogP contribution in [0.15, 0.2) is 53.4 Å². The first-order valence-corrected chi connectivity index (χ1v) is 9.38. The van der Waals surface area contributed by atoms with Crippen LogP contribution >= 0.6 is 11.8 Å². The number of anilines is 1. The molecule has 0 aliphatic rings.